The van der Waals surface area contributed by atoms with Gasteiger partial charge in [0.1, 0.15) is 5.82 Å². The Bertz CT molecular complexity index is 780. The summed E-state index contributed by atoms with van der Waals surface area (Å²) in [5, 5.41) is 17.9. The summed E-state index contributed by atoms with van der Waals surface area (Å²) in [4.78, 5) is 11.0. The standard InChI is InChI=1S/C14H6Cl5FO3/c15-8-7(9(16)11(18)12(19)10(8)17)6-4(13(21)14(22)23)2-1-3-5(6)20/h1-3,13,21H,(H,22,23). The summed E-state index contributed by atoms with van der Waals surface area (Å²) in [6, 6.07) is 3.51. The maximum Gasteiger partial charge on any atom is 0.337 e. The lowest BCUT2D eigenvalue weighted by atomic mass is 9.95. The minimum absolute atomic E-state index is 0.122. The van der Waals surface area contributed by atoms with Crippen molar-refractivity contribution in [3.05, 3.63) is 54.7 Å². The van der Waals surface area contributed by atoms with Gasteiger partial charge in [0, 0.05) is 16.7 Å². The van der Waals surface area contributed by atoms with Crippen molar-refractivity contribution in [2.45, 2.75) is 6.10 Å². The van der Waals surface area contributed by atoms with Crippen LogP contribution in [-0.2, 0) is 4.79 Å². The van der Waals surface area contributed by atoms with Crippen LogP contribution in [0.25, 0.3) is 11.1 Å². The molecule has 2 aromatic carbocycles. The number of carbonyl (C=O) groups is 1. The monoisotopic (exact) mass is 416 g/mol. The molecule has 0 fully saturated rings. The van der Waals surface area contributed by atoms with Crippen molar-refractivity contribution in [1.82, 2.24) is 0 Å². The predicted octanol–water partition coefficient (Wildman–Crippen LogP) is 5.88. The predicted molar refractivity (Wildman–Crippen MR) is 89.5 cm³/mol. The zero-order valence-corrected chi connectivity index (χ0v) is 14.7. The molecule has 2 aromatic rings. The molecule has 0 bridgehead atoms. The molecule has 0 radical (unpaired) electrons. The van der Waals surface area contributed by atoms with Gasteiger partial charge >= 0.3 is 5.97 Å². The number of aliphatic hydroxyl groups is 1. The number of carboxylic acids is 1. The summed E-state index contributed by atoms with van der Waals surface area (Å²) >= 11 is 29.9. The molecule has 2 N–H and O–H groups in total. The Kier molecular flexibility index (Phi) is 5.67. The number of rotatable bonds is 3. The summed E-state index contributed by atoms with van der Waals surface area (Å²) in [5.41, 5.74) is -0.727. The van der Waals surface area contributed by atoms with E-state index in [-0.39, 0.29) is 41.8 Å². The highest BCUT2D eigenvalue weighted by atomic mass is 35.5. The number of aliphatic hydroxyl groups excluding tert-OH is 1. The second-order valence-corrected chi connectivity index (χ2v) is 6.28. The van der Waals surface area contributed by atoms with E-state index in [4.69, 9.17) is 63.1 Å². The Labute approximate surface area is 155 Å². The first-order valence-electron chi connectivity index (χ1n) is 5.89. The second kappa shape index (κ2) is 7.01. The number of hydrogen-bond acceptors (Lipinski definition) is 2. The highest BCUT2D eigenvalue weighted by molar-refractivity contribution is 6.56. The molecule has 0 aliphatic rings. The Hall–Kier alpha value is -0.750. The van der Waals surface area contributed by atoms with Gasteiger partial charge in [0.25, 0.3) is 0 Å². The third kappa shape index (κ3) is 3.25. The quantitative estimate of drug-likeness (QED) is 0.484. The van der Waals surface area contributed by atoms with Crippen LogP contribution >= 0.6 is 58.0 Å². The summed E-state index contributed by atoms with van der Waals surface area (Å²) in [7, 11) is 0. The van der Waals surface area contributed by atoms with E-state index < -0.39 is 17.9 Å². The lowest BCUT2D eigenvalue weighted by Crippen LogP contribution is -2.12. The van der Waals surface area contributed by atoms with Gasteiger partial charge in [0.05, 0.1) is 25.1 Å². The molecule has 1 unspecified atom stereocenters. The Morgan fingerprint density at radius 2 is 1.39 bits per heavy atom. The Morgan fingerprint density at radius 1 is 0.913 bits per heavy atom. The number of benzene rings is 2. The lowest BCUT2D eigenvalue weighted by molar-refractivity contribution is -0.146. The molecule has 0 spiro atoms. The molecular weight excluding hydrogens is 412 g/mol. The molecule has 0 aliphatic heterocycles. The molecule has 0 saturated heterocycles. The number of carboxylic acid groups (broad SMARTS) is 1. The maximum atomic E-state index is 14.3. The summed E-state index contributed by atoms with van der Waals surface area (Å²) in [6.07, 6.45) is -2.00. The second-order valence-electron chi connectivity index (χ2n) is 4.39. The van der Waals surface area contributed by atoms with Crippen LogP contribution in [0, 0.1) is 5.82 Å². The van der Waals surface area contributed by atoms with Gasteiger partial charge in [0.15, 0.2) is 6.10 Å². The number of halogens is 6. The van der Waals surface area contributed by atoms with E-state index in [1.165, 1.54) is 12.1 Å². The lowest BCUT2D eigenvalue weighted by Gasteiger charge is -2.18. The molecule has 0 amide bonds. The van der Waals surface area contributed by atoms with Gasteiger partial charge in [-0.3, -0.25) is 0 Å². The van der Waals surface area contributed by atoms with Crippen LogP contribution in [0.2, 0.25) is 25.1 Å². The van der Waals surface area contributed by atoms with Crippen molar-refractivity contribution in [3.8, 4) is 11.1 Å². The van der Waals surface area contributed by atoms with Crippen LogP contribution in [0.4, 0.5) is 4.39 Å². The van der Waals surface area contributed by atoms with Gasteiger partial charge in [-0.2, -0.15) is 0 Å². The topological polar surface area (TPSA) is 57.5 Å². The normalized spacial score (nSPS) is 12.3. The molecule has 2 rings (SSSR count). The van der Waals surface area contributed by atoms with Crippen molar-refractivity contribution >= 4 is 64.0 Å². The zero-order valence-electron chi connectivity index (χ0n) is 10.9. The van der Waals surface area contributed by atoms with Crippen LogP contribution in [-0.4, -0.2) is 16.2 Å². The fraction of sp³-hybridized carbons (Fsp3) is 0.0714. The van der Waals surface area contributed by atoms with E-state index >= 15 is 0 Å². The fourth-order valence-electron chi connectivity index (χ4n) is 1.99. The van der Waals surface area contributed by atoms with Crippen molar-refractivity contribution in [1.29, 1.82) is 0 Å². The van der Waals surface area contributed by atoms with Crippen LogP contribution in [0.15, 0.2) is 18.2 Å². The highest BCUT2D eigenvalue weighted by Gasteiger charge is 2.28. The SMILES string of the molecule is O=C(O)C(O)c1cccc(F)c1-c1c(Cl)c(Cl)c(Cl)c(Cl)c1Cl. The van der Waals surface area contributed by atoms with Gasteiger partial charge in [-0.05, 0) is 6.07 Å². The third-order valence-electron chi connectivity index (χ3n) is 3.03. The van der Waals surface area contributed by atoms with Gasteiger partial charge in [-0.15, -0.1) is 0 Å². The van der Waals surface area contributed by atoms with E-state index in [0.29, 0.717) is 0 Å². The van der Waals surface area contributed by atoms with Crippen molar-refractivity contribution < 1.29 is 19.4 Å². The molecule has 0 saturated carbocycles. The molecule has 0 heterocycles. The van der Waals surface area contributed by atoms with Crippen molar-refractivity contribution in [3.63, 3.8) is 0 Å². The van der Waals surface area contributed by atoms with E-state index in [0.717, 1.165) is 6.07 Å². The van der Waals surface area contributed by atoms with Crippen LogP contribution in [0.5, 0.6) is 0 Å². The van der Waals surface area contributed by atoms with Gasteiger partial charge in [-0.25, -0.2) is 9.18 Å². The van der Waals surface area contributed by atoms with Crippen LogP contribution < -0.4 is 0 Å². The van der Waals surface area contributed by atoms with E-state index in [9.17, 15) is 14.3 Å². The summed E-state index contributed by atoms with van der Waals surface area (Å²) in [6.45, 7) is 0. The molecule has 0 aromatic heterocycles. The summed E-state index contributed by atoms with van der Waals surface area (Å²) in [5.74, 6) is -2.43. The molecular formula is C14H6Cl5FO3. The fourth-order valence-corrected chi connectivity index (χ4v) is 3.32. The zero-order chi connectivity index (χ0) is 17.5. The molecule has 122 valence electrons. The first kappa shape index (κ1) is 18.6. The van der Waals surface area contributed by atoms with Crippen LogP contribution in [0.1, 0.15) is 11.7 Å². The molecule has 23 heavy (non-hydrogen) atoms. The average molecular weight is 418 g/mol. The van der Waals surface area contributed by atoms with Gasteiger partial charge in [-0.1, -0.05) is 70.1 Å². The van der Waals surface area contributed by atoms with Gasteiger partial charge in [0.2, 0.25) is 0 Å². The number of aliphatic carboxylic acids is 1. The largest absolute Gasteiger partial charge is 0.479 e. The molecule has 9 heteroatoms. The van der Waals surface area contributed by atoms with Crippen molar-refractivity contribution in [2.24, 2.45) is 0 Å². The summed E-state index contributed by atoms with van der Waals surface area (Å²) < 4.78 is 14.3. The molecule has 0 aliphatic carbocycles. The minimum atomic E-state index is -2.00. The Balaban J connectivity index is 2.91. The first-order chi connectivity index (χ1) is 10.7. The van der Waals surface area contributed by atoms with Crippen molar-refractivity contribution in [2.75, 3.05) is 0 Å². The van der Waals surface area contributed by atoms with E-state index in [1.807, 2.05) is 0 Å². The van der Waals surface area contributed by atoms with E-state index in [1.54, 1.807) is 0 Å². The smallest absolute Gasteiger partial charge is 0.337 e. The highest BCUT2D eigenvalue weighted by Crippen LogP contribution is 2.50. The molecule has 1 atom stereocenters. The van der Waals surface area contributed by atoms with Crippen LogP contribution in [0.3, 0.4) is 0 Å². The van der Waals surface area contributed by atoms with Gasteiger partial charge < -0.3 is 10.2 Å². The Morgan fingerprint density at radius 3 is 1.87 bits per heavy atom. The first-order valence-corrected chi connectivity index (χ1v) is 7.78. The minimum Gasteiger partial charge on any atom is -0.479 e. The third-order valence-corrected chi connectivity index (χ3v) is 5.31. The van der Waals surface area contributed by atoms with E-state index in [2.05, 4.69) is 0 Å². The molecule has 3 nitrogen and oxygen atoms in total. The maximum absolute atomic E-state index is 14.3. The average Bonchev–Trinajstić information content (AvgIpc) is 2.51. The number of hydrogen-bond donors (Lipinski definition) is 2.